The van der Waals surface area contributed by atoms with Gasteiger partial charge in [0, 0.05) is 62.0 Å². The van der Waals surface area contributed by atoms with Crippen LogP contribution in [0.25, 0.3) is 22.2 Å². The minimum Gasteiger partial charge on any atom is -0.375 e. The van der Waals surface area contributed by atoms with Crippen LogP contribution in [-0.4, -0.2) is 62.1 Å². The number of fused-ring (bicyclic) bond motifs is 1. The molecule has 0 radical (unpaired) electrons. The lowest BCUT2D eigenvalue weighted by Gasteiger charge is -2.34. The Labute approximate surface area is 205 Å². The standard InChI is InChI=1S/C27H33FN6O/c1-17(29)26(35)21-6-5-18(14-31-21)22-12-24(34-10-8-27(16-34)7-4-9-30-15-27)19-11-20(28)25(33(2)3)13-23(19)32-22/h5-6,11-14,17,30H,4,7-10,15-16,29H2,1-3H3. The maximum atomic E-state index is 15.0. The van der Waals surface area contributed by atoms with Crippen LogP contribution in [0.1, 0.15) is 36.7 Å². The van der Waals surface area contributed by atoms with E-state index in [4.69, 9.17) is 10.7 Å². The summed E-state index contributed by atoms with van der Waals surface area (Å²) in [5.41, 5.74) is 10.1. The first-order valence-electron chi connectivity index (χ1n) is 12.3. The van der Waals surface area contributed by atoms with Gasteiger partial charge in [0.1, 0.15) is 11.5 Å². The fourth-order valence-corrected chi connectivity index (χ4v) is 5.41. The monoisotopic (exact) mass is 476 g/mol. The van der Waals surface area contributed by atoms with E-state index in [1.807, 2.05) is 32.3 Å². The van der Waals surface area contributed by atoms with Gasteiger partial charge in [-0.1, -0.05) is 0 Å². The van der Waals surface area contributed by atoms with Gasteiger partial charge in [-0.05, 0) is 63.1 Å². The van der Waals surface area contributed by atoms with Crippen molar-refractivity contribution in [2.24, 2.45) is 11.1 Å². The molecule has 2 saturated heterocycles. The van der Waals surface area contributed by atoms with Crippen molar-refractivity contribution in [2.45, 2.75) is 32.2 Å². The minimum absolute atomic E-state index is 0.196. The Morgan fingerprint density at radius 3 is 2.74 bits per heavy atom. The highest BCUT2D eigenvalue weighted by molar-refractivity contribution is 5.99. The molecule has 184 valence electrons. The van der Waals surface area contributed by atoms with Gasteiger partial charge in [-0.2, -0.15) is 0 Å². The molecule has 7 nitrogen and oxygen atoms in total. The lowest BCUT2D eigenvalue weighted by Crippen LogP contribution is -2.41. The third kappa shape index (κ3) is 4.48. The minimum atomic E-state index is -0.602. The first-order chi connectivity index (χ1) is 16.8. The largest absolute Gasteiger partial charge is 0.375 e. The smallest absolute Gasteiger partial charge is 0.197 e. The molecular weight excluding hydrogens is 443 g/mol. The first-order valence-corrected chi connectivity index (χ1v) is 12.3. The van der Waals surface area contributed by atoms with E-state index in [2.05, 4.69) is 15.2 Å². The zero-order valence-electron chi connectivity index (χ0n) is 20.6. The number of benzene rings is 1. The Morgan fingerprint density at radius 2 is 2.09 bits per heavy atom. The molecule has 0 bridgehead atoms. The number of piperidine rings is 1. The van der Waals surface area contributed by atoms with E-state index >= 15 is 4.39 Å². The maximum absolute atomic E-state index is 15.0. The van der Waals surface area contributed by atoms with Gasteiger partial charge in [0.05, 0.1) is 22.9 Å². The van der Waals surface area contributed by atoms with Crippen molar-refractivity contribution in [1.29, 1.82) is 0 Å². The Morgan fingerprint density at radius 1 is 1.26 bits per heavy atom. The second-order valence-electron chi connectivity index (χ2n) is 10.3. The van der Waals surface area contributed by atoms with Crippen LogP contribution in [0, 0.1) is 11.2 Å². The van der Waals surface area contributed by atoms with E-state index in [9.17, 15) is 4.79 Å². The number of Topliss-reactive ketones (excluding diaryl/α,β-unsaturated/α-hetero) is 1. The molecule has 3 N–H and O–H groups in total. The average Bonchev–Trinajstić information content (AvgIpc) is 3.25. The molecule has 2 unspecified atom stereocenters. The number of pyridine rings is 2. The summed E-state index contributed by atoms with van der Waals surface area (Å²) < 4.78 is 15.0. The van der Waals surface area contributed by atoms with E-state index < -0.39 is 6.04 Å². The predicted octanol–water partition coefficient (Wildman–Crippen LogP) is 3.61. The van der Waals surface area contributed by atoms with Gasteiger partial charge >= 0.3 is 0 Å². The van der Waals surface area contributed by atoms with Crippen molar-refractivity contribution in [3.63, 3.8) is 0 Å². The SMILES string of the molecule is CC(N)C(=O)c1ccc(-c2cc(N3CCC4(CCCNC4)C3)c3cc(F)c(N(C)C)cc3n2)cn1. The van der Waals surface area contributed by atoms with Crippen molar-refractivity contribution in [1.82, 2.24) is 15.3 Å². The molecule has 2 aliphatic rings. The highest BCUT2D eigenvalue weighted by Gasteiger charge is 2.39. The average molecular weight is 477 g/mol. The molecule has 2 aromatic heterocycles. The van der Waals surface area contributed by atoms with Crippen LogP contribution in [-0.2, 0) is 0 Å². The molecule has 2 fully saturated rings. The number of anilines is 2. The number of carbonyl (C=O) groups is 1. The van der Waals surface area contributed by atoms with Crippen molar-refractivity contribution < 1.29 is 9.18 Å². The molecule has 0 amide bonds. The van der Waals surface area contributed by atoms with Crippen LogP contribution in [0.5, 0.6) is 0 Å². The van der Waals surface area contributed by atoms with Crippen LogP contribution in [0.15, 0.2) is 36.5 Å². The van der Waals surface area contributed by atoms with Gasteiger partial charge in [0.25, 0.3) is 0 Å². The van der Waals surface area contributed by atoms with Gasteiger partial charge < -0.3 is 20.9 Å². The Kier molecular flexibility index (Phi) is 6.19. The normalized spacial score (nSPS) is 21.0. The van der Waals surface area contributed by atoms with Crippen LogP contribution in [0.4, 0.5) is 15.8 Å². The van der Waals surface area contributed by atoms with Crippen molar-refractivity contribution >= 4 is 28.1 Å². The molecule has 0 aliphatic carbocycles. The molecule has 4 heterocycles. The van der Waals surface area contributed by atoms with Crippen LogP contribution in [0.3, 0.4) is 0 Å². The molecule has 8 heteroatoms. The summed E-state index contributed by atoms with van der Waals surface area (Å²) in [6.45, 7) is 5.63. The number of nitrogens with one attached hydrogen (secondary N) is 1. The lowest BCUT2D eigenvalue weighted by molar-refractivity contribution is 0.0963. The summed E-state index contributed by atoms with van der Waals surface area (Å²) >= 11 is 0. The summed E-state index contributed by atoms with van der Waals surface area (Å²) in [4.78, 5) is 25.6. The van der Waals surface area contributed by atoms with E-state index in [0.29, 0.717) is 11.4 Å². The number of halogens is 1. The molecular formula is C27H33FN6O. The third-order valence-electron chi connectivity index (χ3n) is 7.40. The molecule has 35 heavy (non-hydrogen) atoms. The summed E-state index contributed by atoms with van der Waals surface area (Å²) in [6.07, 6.45) is 5.19. The summed E-state index contributed by atoms with van der Waals surface area (Å²) in [7, 11) is 3.65. The second-order valence-corrected chi connectivity index (χ2v) is 10.3. The van der Waals surface area contributed by atoms with E-state index in [1.54, 1.807) is 30.2 Å². The molecule has 0 saturated carbocycles. The second kappa shape index (κ2) is 9.17. The Hall–Kier alpha value is -3.10. The van der Waals surface area contributed by atoms with Gasteiger partial charge in [0.15, 0.2) is 5.78 Å². The van der Waals surface area contributed by atoms with Gasteiger partial charge in [-0.15, -0.1) is 0 Å². The van der Waals surface area contributed by atoms with Crippen LogP contribution >= 0.6 is 0 Å². The highest BCUT2D eigenvalue weighted by atomic mass is 19.1. The van der Waals surface area contributed by atoms with Crippen LogP contribution in [0.2, 0.25) is 0 Å². The maximum Gasteiger partial charge on any atom is 0.197 e. The number of ketones is 1. The Balaban J connectivity index is 1.60. The number of aromatic nitrogens is 2. The lowest BCUT2D eigenvalue weighted by atomic mass is 9.80. The van der Waals surface area contributed by atoms with E-state index in [0.717, 1.165) is 60.4 Å². The summed E-state index contributed by atoms with van der Waals surface area (Å²) in [5, 5.41) is 4.38. The topological polar surface area (TPSA) is 87.4 Å². The fourth-order valence-electron chi connectivity index (χ4n) is 5.41. The Bertz CT molecular complexity index is 1250. The van der Waals surface area contributed by atoms with Crippen LogP contribution < -0.4 is 20.9 Å². The zero-order chi connectivity index (χ0) is 24.7. The number of carbonyl (C=O) groups excluding carboxylic acids is 1. The summed E-state index contributed by atoms with van der Waals surface area (Å²) in [6, 6.07) is 8.41. The number of hydrogen-bond acceptors (Lipinski definition) is 7. The highest BCUT2D eigenvalue weighted by Crippen LogP contribution is 2.42. The summed E-state index contributed by atoms with van der Waals surface area (Å²) in [5.74, 6) is -0.453. The molecule has 1 spiro atoms. The zero-order valence-corrected chi connectivity index (χ0v) is 20.6. The van der Waals surface area contributed by atoms with E-state index in [-0.39, 0.29) is 17.0 Å². The molecule has 2 aliphatic heterocycles. The first kappa shape index (κ1) is 23.6. The number of hydrogen-bond donors (Lipinski definition) is 2. The number of nitrogens with zero attached hydrogens (tertiary/aromatic N) is 4. The van der Waals surface area contributed by atoms with Crippen molar-refractivity contribution in [3.8, 4) is 11.3 Å². The predicted molar refractivity (Wildman–Crippen MR) is 139 cm³/mol. The van der Waals surface area contributed by atoms with Gasteiger partial charge in [-0.3, -0.25) is 9.78 Å². The molecule has 5 rings (SSSR count). The van der Waals surface area contributed by atoms with Crippen molar-refractivity contribution in [2.75, 3.05) is 50.1 Å². The van der Waals surface area contributed by atoms with Crippen molar-refractivity contribution in [3.05, 3.63) is 48.0 Å². The van der Waals surface area contributed by atoms with Gasteiger partial charge in [0.2, 0.25) is 0 Å². The molecule has 1 aromatic carbocycles. The molecule has 3 aromatic rings. The van der Waals surface area contributed by atoms with E-state index in [1.165, 1.54) is 12.8 Å². The fraction of sp³-hybridized carbons (Fsp3) is 0.444. The van der Waals surface area contributed by atoms with Gasteiger partial charge in [-0.25, -0.2) is 9.37 Å². The molecule has 2 atom stereocenters. The third-order valence-corrected chi connectivity index (χ3v) is 7.40. The quantitative estimate of drug-likeness (QED) is 0.544. The number of nitrogens with two attached hydrogens (primary N) is 1. The number of rotatable bonds is 5.